The van der Waals surface area contributed by atoms with Gasteiger partial charge in [-0.1, -0.05) is 23.2 Å². The minimum absolute atomic E-state index is 0.118. The molecule has 96 valence electrons. The fraction of sp³-hybridized carbons (Fsp3) is 0.333. The Morgan fingerprint density at radius 2 is 2.06 bits per heavy atom. The molecule has 1 atom stereocenters. The van der Waals surface area contributed by atoms with Gasteiger partial charge in [0.25, 0.3) is 0 Å². The van der Waals surface area contributed by atoms with Crippen LogP contribution in [-0.4, -0.2) is 21.0 Å². The summed E-state index contributed by atoms with van der Waals surface area (Å²) in [6.07, 6.45) is 0. The van der Waals surface area contributed by atoms with Gasteiger partial charge < -0.3 is 5.73 Å². The summed E-state index contributed by atoms with van der Waals surface area (Å²) in [7, 11) is -3.90. The standard InChI is InChI=1S/C9H11Cl2FN2O2S/c1-5(4-13)14-17(15,16)7-3-2-6(10)9(12)8(7)11/h2-3,5,14H,4,13H2,1H3/t5-/m0/s1. The lowest BCUT2D eigenvalue weighted by molar-refractivity contribution is 0.560. The Morgan fingerprint density at radius 1 is 1.47 bits per heavy atom. The van der Waals surface area contributed by atoms with Crippen molar-refractivity contribution in [1.82, 2.24) is 4.72 Å². The van der Waals surface area contributed by atoms with Crippen LogP contribution in [0.4, 0.5) is 4.39 Å². The Balaban J connectivity index is 3.21. The molecular formula is C9H11Cl2FN2O2S. The molecule has 1 rings (SSSR count). The first-order valence-electron chi connectivity index (χ1n) is 4.65. The van der Waals surface area contributed by atoms with E-state index in [1.54, 1.807) is 6.92 Å². The second-order valence-corrected chi connectivity index (χ2v) is 5.90. The number of rotatable bonds is 4. The molecule has 0 aliphatic heterocycles. The van der Waals surface area contributed by atoms with Crippen LogP contribution in [0.15, 0.2) is 17.0 Å². The van der Waals surface area contributed by atoms with Crippen LogP contribution in [0.3, 0.4) is 0 Å². The number of halogens is 3. The van der Waals surface area contributed by atoms with Crippen molar-refractivity contribution < 1.29 is 12.8 Å². The zero-order valence-corrected chi connectivity index (χ0v) is 11.2. The number of benzene rings is 1. The second-order valence-electron chi connectivity index (χ2n) is 3.43. The number of nitrogens with two attached hydrogens (primary N) is 1. The molecule has 0 fully saturated rings. The van der Waals surface area contributed by atoms with Gasteiger partial charge in [-0.25, -0.2) is 17.5 Å². The molecule has 0 saturated heterocycles. The average Bonchev–Trinajstić information content (AvgIpc) is 2.24. The van der Waals surface area contributed by atoms with E-state index in [1.165, 1.54) is 0 Å². The highest BCUT2D eigenvalue weighted by Gasteiger charge is 2.23. The SMILES string of the molecule is C[C@@H](CN)NS(=O)(=O)c1ccc(Cl)c(F)c1Cl. The molecule has 0 heterocycles. The highest BCUT2D eigenvalue weighted by molar-refractivity contribution is 7.89. The maximum Gasteiger partial charge on any atom is 0.242 e. The van der Waals surface area contributed by atoms with Gasteiger partial charge >= 0.3 is 0 Å². The van der Waals surface area contributed by atoms with Gasteiger partial charge in [0.05, 0.1) is 10.0 Å². The molecule has 0 aromatic heterocycles. The van der Waals surface area contributed by atoms with E-state index in [0.29, 0.717) is 0 Å². The van der Waals surface area contributed by atoms with E-state index in [9.17, 15) is 12.8 Å². The minimum atomic E-state index is -3.90. The third-order valence-electron chi connectivity index (χ3n) is 2.00. The predicted octanol–water partition coefficient (Wildman–Crippen LogP) is 1.76. The van der Waals surface area contributed by atoms with Crippen LogP contribution < -0.4 is 10.5 Å². The smallest absolute Gasteiger partial charge is 0.242 e. The van der Waals surface area contributed by atoms with E-state index in [2.05, 4.69) is 4.72 Å². The van der Waals surface area contributed by atoms with Gasteiger partial charge in [-0.15, -0.1) is 0 Å². The molecule has 0 unspecified atom stereocenters. The molecule has 0 aliphatic carbocycles. The average molecular weight is 301 g/mol. The molecular weight excluding hydrogens is 290 g/mol. The van der Waals surface area contributed by atoms with Crippen molar-refractivity contribution in [3.05, 3.63) is 28.0 Å². The lowest BCUT2D eigenvalue weighted by Crippen LogP contribution is -2.37. The summed E-state index contributed by atoms with van der Waals surface area (Å²) in [4.78, 5) is -0.360. The van der Waals surface area contributed by atoms with Crippen molar-refractivity contribution in [1.29, 1.82) is 0 Å². The zero-order chi connectivity index (χ0) is 13.2. The third-order valence-corrected chi connectivity index (χ3v) is 4.40. The first-order chi connectivity index (χ1) is 7.79. The van der Waals surface area contributed by atoms with E-state index >= 15 is 0 Å². The van der Waals surface area contributed by atoms with E-state index in [4.69, 9.17) is 28.9 Å². The van der Waals surface area contributed by atoms with Crippen LogP contribution in [0.5, 0.6) is 0 Å². The van der Waals surface area contributed by atoms with Crippen molar-refractivity contribution in [2.24, 2.45) is 5.73 Å². The van der Waals surface area contributed by atoms with E-state index in [1.807, 2.05) is 0 Å². The summed E-state index contributed by atoms with van der Waals surface area (Å²) in [6.45, 7) is 1.70. The molecule has 1 aromatic rings. The minimum Gasteiger partial charge on any atom is -0.329 e. The summed E-state index contributed by atoms with van der Waals surface area (Å²) in [5.41, 5.74) is 5.29. The molecule has 0 radical (unpaired) electrons. The van der Waals surface area contributed by atoms with E-state index in [0.717, 1.165) is 12.1 Å². The van der Waals surface area contributed by atoms with Crippen LogP contribution in [0.1, 0.15) is 6.92 Å². The van der Waals surface area contributed by atoms with E-state index in [-0.39, 0.29) is 16.5 Å². The lowest BCUT2D eigenvalue weighted by atomic mass is 10.3. The van der Waals surface area contributed by atoms with Gasteiger partial charge in [0.15, 0.2) is 5.82 Å². The molecule has 4 nitrogen and oxygen atoms in total. The molecule has 17 heavy (non-hydrogen) atoms. The molecule has 3 N–H and O–H groups in total. The van der Waals surface area contributed by atoms with Gasteiger partial charge in [0, 0.05) is 12.6 Å². The zero-order valence-electron chi connectivity index (χ0n) is 8.88. The number of hydrogen-bond acceptors (Lipinski definition) is 3. The Labute approximate surface area is 109 Å². The summed E-state index contributed by atoms with van der Waals surface area (Å²) in [5.74, 6) is -0.961. The molecule has 1 aromatic carbocycles. The summed E-state index contributed by atoms with van der Waals surface area (Å²) in [5, 5.41) is -0.768. The van der Waals surface area contributed by atoms with Crippen molar-refractivity contribution in [2.45, 2.75) is 17.9 Å². The van der Waals surface area contributed by atoms with Gasteiger partial charge in [0.1, 0.15) is 4.90 Å². The van der Waals surface area contributed by atoms with Crippen LogP contribution in [-0.2, 0) is 10.0 Å². The highest BCUT2D eigenvalue weighted by Crippen LogP contribution is 2.29. The number of sulfonamides is 1. The van der Waals surface area contributed by atoms with Crippen molar-refractivity contribution in [3.63, 3.8) is 0 Å². The molecule has 0 amide bonds. The van der Waals surface area contributed by atoms with Crippen LogP contribution in [0.2, 0.25) is 10.0 Å². The Hall–Kier alpha value is -0.400. The fourth-order valence-electron chi connectivity index (χ4n) is 1.09. The van der Waals surface area contributed by atoms with Gasteiger partial charge in [0.2, 0.25) is 10.0 Å². The quantitative estimate of drug-likeness (QED) is 0.832. The molecule has 8 heteroatoms. The lowest BCUT2D eigenvalue weighted by Gasteiger charge is -2.13. The van der Waals surface area contributed by atoms with Gasteiger partial charge in [-0.05, 0) is 19.1 Å². The topological polar surface area (TPSA) is 72.2 Å². The monoisotopic (exact) mass is 300 g/mol. The van der Waals surface area contributed by atoms with Crippen molar-refractivity contribution >= 4 is 33.2 Å². The largest absolute Gasteiger partial charge is 0.329 e. The number of nitrogens with one attached hydrogen (secondary N) is 1. The Kier molecular flexibility index (Phi) is 4.74. The van der Waals surface area contributed by atoms with Crippen molar-refractivity contribution in [2.75, 3.05) is 6.54 Å². The second kappa shape index (κ2) is 5.49. The highest BCUT2D eigenvalue weighted by atomic mass is 35.5. The summed E-state index contributed by atoms with van der Waals surface area (Å²) < 4.78 is 39.3. The maximum absolute atomic E-state index is 13.4. The molecule has 0 aliphatic rings. The number of hydrogen-bond donors (Lipinski definition) is 2. The van der Waals surface area contributed by atoms with Gasteiger partial charge in [-0.2, -0.15) is 0 Å². The predicted molar refractivity (Wildman–Crippen MR) is 65.3 cm³/mol. The first kappa shape index (κ1) is 14.7. The molecule has 0 bridgehead atoms. The normalized spacial score (nSPS) is 13.7. The maximum atomic E-state index is 13.4. The fourth-order valence-corrected chi connectivity index (χ4v) is 3.09. The van der Waals surface area contributed by atoms with Crippen molar-refractivity contribution in [3.8, 4) is 0 Å². The van der Waals surface area contributed by atoms with Gasteiger partial charge in [-0.3, -0.25) is 0 Å². The van der Waals surface area contributed by atoms with Crippen LogP contribution in [0.25, 0.3) is 0 Å². The summed E-state index contributed by atoms with van der Waals surface area (Å²) >= 11 is 11.1. The van der Waals surface area contributed by atoms with Crippen LogP contribution in [0, 0.1) is 5.82 Å². The first-order valence-corrected chi connectivity index (χ1v) is 6.89. The van der Waals surface area contributed by atoms with Crippen LogP contribution >= 0.6 is 23.2 Å². The third kappa shape index (κ3) is 3.29. The summed E-state index contributed by atoms with van der Waals surface area (Å²) in [6, 6.07) is 1.79. The molecule has 0 spiro atoms. The Bertz CT molecular complexity index is 522. The Morgan fingerprint density at radius 3 is 2.59 bits per heavy atom. The molecule has 0 saturated carbocycles. The van der Waals surface area contributed by atoms with E-state index < -0.39 is 26.9 Å².